The van der Waals surface area contributed by atoms with Crippen molar-refractivity contribution in [2.75, 3.05) is 0 Å². The molecule has 34 heavy (non-hydrogen) atoms. The molecule has 6 radical (unpaired) electrons. The monoisotopic (exact) mass is 486 g/mol. The summed E-state index contributed by atoms with van der Waals surface area (Å²) in [5.41, 5.74) is 0. The lowest BCUT2D eigenvalue weighted by Gasteiger charge is -2.43. The summed E-state index contributed by atoms with van der Waals surface area (Å²) < 4.78 is 16.0. The van der Waals surface area contributed by atoms with Gasteiger partial charge in [0.1, 0.15) is 0 Å². The number of halogens is 3. The highest BCUT2D eigenvalue weighted by Crippen LogP contribution is 2.48. The summed E-state index contributed by atoms with van der Waals surface area (Å²) >= 11 is 0. The Morgan fingerprint density at radius 1 is 0.471 bits per heavy atom. The maximum Gasteiger partial charge on any atom is 0 e. The van der Waals surface area contributed by atoms with Crippen molar-refractivity contribution in [1.29, 1.82) is 0 Å². The molecule has 4 aliphatic carbocycles. The second-order valence-electron chi connectivity index (χ2n) is 10.7. The van der Waals surface area contributed by atoms with Crippen LogP contribution in [0, 0.1) is 47.3 Å². The smallest absolute Gasteiger partial charge is 0 e. The van der Waals surface area contributed by atoms with Crippen LogP contribution in [0.2, 0.25) is 0 Å². The van der Waals surface area contributed by atoms with Crippen molar-refractivity contribution in [3.63, 3.8) is 0 Å². The molecule has 4 fully saturated rings. The van der Waals surface area contributed by atoms with Gasteiger partial charge in [0, 0.05) is 26.0 Å². The number of hydrogen-bond donors (Lipinski definition) is 0. The molecule has 6 atom stereocenters. The van der Waals surface area contributed by atoms with E-state index in [2.05, 4.69) is 27.7 Å². The average Bonchev–Trinajstić information content (AvgIpc) is 3.32. The van der Waals surface area contributed by atoms with Crippen molar-refractivity contribution < 1.29 is 13.9 Å². The molecule has 6 unspecified atom stereocenters. The van der Waals surface area contributed by atoms with Gasteiger partial charge in [0.05, 0.1) is 0 Å². The fourth-order valence-electron chi connectivity index (χ4n) is 7.46. The minimum absolute atomic E-state index is 0. The summed E-state index contributed by atoms with van der Waals surface area (Å²) in [6.07, 6.45) is 19.9. The molecule has 4 aliphatic rings. The van der Waals surface area contributed by atoms with Crippen LogP contribution in [0.15, 0.2) is 0 Å². The van der Waals surface area contributed by atoms with E-state index in [-0.39, 0.29) is 21.5 Å². The molecular formula is C29H59B2F3. The molecule has 4 rings (SSSR count). The Labute approximate surface area is 217 Å². The lowest BCUT2D eigenvalue weighted by Crippen LogP contribution is -2.33. The Morgan fingerprint density at radius 3 is 1.09 bits per heavy atom. The summed E-state index contributed by atoms with van der Waals surface area (Å²) in [5, 5.41) is 0. The standard InChI is InChI=1S/C13H24.C12H22.2C2H6.2B.F2.FH/c1-10(2)12-9-5-7-11-6-3-4-8-13(11)12;1-9(2)11-7-3-5-10-6-4-8-12(10)11;2*1-2;;;1-2;/h10-13H,3-9H2,1-2H3;9-12H,3-8H2,1-2H3;2*1-2H3;;;;1H. The molecular weight excluding hydrogens is 427 g/mol. The molecule has 4 saturated carbocycles. The van der Waals surface area contributed by atoms with Gasteiger partial charge in [-0.3, -0.25) is 4.70 Å². The van der Waals surface area contributed by atoms with Gasteiger partial charge in [-0.05, 0) is 73.0 Å². The van der Waals surface area contributed by atoms with Crippen molar-refractivity contribution in [3.8, 4) is 0 Å². The summed E-state index contributed by atoms with van der Waals surface area (Å²) in [6.45, 7) is 17.7. The predicted molar refractivity (Wildman–Crippen MR) is 150 cm³/mol. The highest BCUT2D eigenvalue weighted by atomic mass is 20.0. The second-order valence-corrected chi connectivity index (χ2v) is 10.7. The van der Waals surface area contributed by atoms with E-state index in [4.69, 9.17) is 9.15 Å². The maximum atomic E-state index is 8.00. The highest BCUT2D eigenvalue weighted by Gasteiger charge is 2.37. The van der Waals surface area contributed by atoms with Gasteiger partial charge >= 0.3 is 0 Å². The van der Waals surface area contributed by atoms with Gasteiger partial charge in [0.25, 0.3) is 0 Å². The van der Waals surface area contributed by atoms with Crippen LogP contribution >= 0.6 is 0 Å². The molecule has 0 saturated heterocycles. The molecule has 0 bridgehead atoms. The van der Waals surface area contributed by atoms with Crippen LogP contribution in [0.3, 0.4) is 0 Å². The minimum atomic E-state index is 0. The Morgan fingerprint density at radius 2 is 0.735 bits per heavy atom. The van der Waals surface area contributed by atoms with E-state index in [1.54, 1.807) is 38.5 Å². The summed E-state index contributed by atoms with van der Waals surface area (Å²) in [6, 6.07) is 0. The second kappa shape index (κ2) is 24.6. The van der Waals surface area contributed by atoms with Crippen LogP contribution in [0.4, 0.5) is 13.9 Å². The van der Waals surface area contributed by atoms with E-state index in [0.29, 0.717) is 0 Å². The van der Waals surface area contributed by atoms with Crippen LogP contribution in [0.25, 0.3) is 0 Å². The zero-order valence-electron chi connectivity index (χ0n) is 24.1. The van der Waals surface area contributed by atoms with Gasteiger partial charge < -0.3 is 0 Å². The summed E-state index contributed by atoms with van der Waals surface area (Å²) in [5.74, 6) is 8.51. The quantitative estimate of drug-likeness (QED) is 0.341. The van der Waals surface area contributed by atoms with Crippen LogP contribution in [-0.4, -0.2) is 16.8 Å². The highest BCUT2D eigenvalue weighted by molar-refractivity contribution is 5.76. The van der Waals surface area contributed by atoms with Crippen molar-refractivity contribution in [3.05, 3.63) is 0 Å². The molecule has 0 amide bonds. The third kappa shape index (κ3) is 12.8. The molecule has 0 aromatic carbocycles. The first-order valence-corrected chi connectivity index (χ1v) is 14.2. The predicted octanol–water partition coefficient (Wildman–Crippen LogP) is 10.4. The van der Waals surface area contributed by atoms with Gasteiger partial charge in [-0.15, -0.1) is 0 Å². The molecule has 0 heterocycles. The average molecular weight is 486 g/mol. The third-order valence-electron chi connectivity index (χ3n) is 8.72. The fraction of sp³-hybridized carbons (Fsp3) is 1.00. The normalized spacial score (nSPS) is 30.7. The molecule has 5 heteroatoms. The molecule has 202 valence electrons. The fourth-order valence-corrected chi connectivity index (χ4v) is 7.46. The van der Waals surface area contributed by atoms with Crippen molar-refractivity contribution >= 4 is 16.8 Å². The Kier molecular flexibility index (Phi) is 29.7. The van der Waals surface area contributed by atoms with Crippen LogP contribution in [0.1, 0.15) is 139 Å². The first-order chi connectivity index (χ1) is 15.1. The number of rotatable bonds is 2. The van der Waals surface area contributed by atoms with Crippen LogP contribution < -0.4 is 0 Å². The zero-order valence-corrected chi connectivity index (χ0v) is 24.1. The minimum Gasteiger partial charge on any atom is -0.269 e. The van der Waals surface area contributed by atoms with Gasteiger partial charge in [-0.2, -0.15) is 0 Å². The topological polar surface area (TPSA) is 0 Å². The van der Waals surface area contributed by atoms with Crippen LogP contribution in [-0.2, 0) is 0 Å². The Hall–Kier alpha value is -0.0801. The molecule has 0 aromatic heterocycles. The first kappa shape index (κ1) is 41.1. The summed E-state index contributed by atoms with van der Waals surface area (Å²) in [7, 11) is 0. The first-order valence-electron chi connectivity index (χ1n) is 14.2. The molecule has 0 nitrogen and oxygen atoms in total. The third-order valence-corrected chi connectivity index (χ3v) is 8.72. The van der Waals surface area contributed by atoms with Gasteiger partial charge in [-0.25, -0.2) is 0 Å². The van der Waals surface area contributed by atoms with E-state index in [0.717, 1.165) is 47.3 Å². The van der Waals surface area contributed by atoms with Crippen molar-refractivity contribution in [2.24, 2.45) is 47.3 Å². The van der Waals surface area contributed by atoms with Gasteiger partial charge in [-0.1, -0.05) is 113 Å². The molecule has 0 aliphatic heterocycles. The van der Waals surface area contributed by atoms with E-state index < -0.39 is 0 Å². The lowest BCUT2D eigenvalue weighted by molar-refractivity contribution is 0.0747. The van der Waals surface area contributed by atoms with Crippen molar-refractivity contribution in [2.45, 2.75) is 139 Å². The molecule has 0 spiro atoms. The van der Waals surface area contributed by atoms with E-state index in [1.807, 2.05) is 27.7 Å². The number of fused-ring (bicyclic) bond motifs is 2. The Balaban J connectivity index is -0.000000203. The van der Waals surface area contributed by atoms with Gasteiger partial charge in [0.15, 0.2) is 0 Å². The largest absolute Gasteiger partial charge is 0.269 e. The van der Waals surface area contributed by atoms with E-state index in [1.165, 1.54) is 44.9 Å². The molecule has 0 aromatic rings. The lowest BCUT2D eigenvalue weighted by atomic mass is 9.63. The number of hydrogen-bond acceptors (Lipinski definition) is 0. The SMILES string of the molecule is CC.CC.CC(C)C1CCCC2CCCC21.CC(C)C1CCCC2CCCCC21.F.FF.[B].[B]. The van der Waals surface area contributed by atoms with Gasteiger partial charge in [0.2, 0.25) is 0 Å². The van der Waals surface area contributed by atoms with E-state index >= 15 is 0 Å². The zero-order chi connectivity index (χ0) is 23.8. The molecule has 0 N–H and O–H groups in total. The van der Waals surface area contributed by atoms with Crippen LogP contribution in [0.5, 0.6) is 0 Å². The maximum absolute atomic E-state index is 8.00. The summed E-state index contributed by atoms with van der Waals surface area (Å²) in [4.78, 5) is 0. The van der Waals surface area contributed by atoms with Crippen molar-refractivity contribution in [1.82, 2.24) is 0 Å². The Bertz CT molecular complexity index is 405. The van der Waals surface area contributed by atoms with E-state index in [9.17, 15) is 0 Å².